The molecule has 0 aromatic rings. The van der Waals surface area contributed by atoms with E-state index in [1.54, 1.807) is 0 Å². The summed E-state index contributed by atoms with van der Waals surface area (Å²) in [6.07, 6.45) is 30.1. The molecule has 0 saturated heterocycles. The third-order valence-corrected chi connectivity index (χ3v) is 9.21. The molecule has 11 nitrogen and oxygen atoms in total. The molecular formula is C37H70NO10P. The fraction of sp³-hybridized carbons (Fsp3) is 0.865. The maximum Gasteiger partial charge on any atom is 0.472 e. The normalized spacial score (nSPS) is 14.0. The third kappa shape index (κ3) is 33.1. The molecule has 0 bridgehead atoms. The lowest BCUT2D eigenvalue weighted by molar-refractivity contribution is -0.161. The molecule has 1 unspecified atom stereocenters. The first kappa shape index (κ1) is 47.2. The minimum atomic E-state index is -4.70. The SMILES string of the molecule is CCCCCCCCC/C=C\CCCCCCCC(=O)OC[C@H](COP(=O)(O)OC[C@H](N)C(=O)O)OC(=O)CCCCCCCCCCC. The molecule has 288 valence electrons. The lowest BCUT2D eigenvalue weighted by atomic mass is 10.1. The molecule has 0 rings (SSSR count). The number of esters is 2. The molecule has 12 heteroatoms. The second-order valence-corrected chi connectivity index (χ2v) is 14.5. The maximum atomic E-state index is 12.5. The van der Waals surface area contributed by atoms with E-state index in [9.17, 15) is 23.8 Å². The van der Waals surface area contributed by atoms with Crippen LogP contribution in [0.15, 0.2) is 12.2 Å². The second kappa shape index (κ2) is 33.4. The summed E-state index contributed by atoms with van der Waals surface area (Å²) < 4.78 is 32.5. The molecule has 0 heterocycles. The highest BCUT2D eigenvalue weighted by atomic mass is 31.2. The zero-order chi connectivity index (χ0) is 36.4. The summed E-state index contributed by atoms with van der Waals surface area (Å²) in [5.41, 5.74) is 5.31. The fourth-order valence-corrected chi connectivity index (χ4v) is 5.95. The predicted octanol–water partition coefficient (Wildman–Crippen LogP) is 9.34. The van der Waals surface area contributed by atoms with Crippen molar-refractivity contribution in [1.29, 1.82) is 0 Å². The second-order valence-electron chi connectivity index (χ2n) is 13.1. The maximum absolute atomic E-state index is 12.5. The van der Waals surface area contributed by atoms with Gasteiger partial charge in [0.2, 0.25) is 0 Å². The Labute approximate surface area is 297 Å². The summed E-state index contributed by atoms with van der Waals surface area (Å²) in [4.78, 5) is 45.6. The van der Waals surface area contributed by atoms with Crippen LogP contribution in [0.4, 0.5) is 0 Å². The number of carboxylic acid groups (broad SMARTS) is 1. The molecule has 0 aliphatic carbocycles. The van der Waals surface area contributed by atoms with Gasteiger partial charge < -0.3 is 25.2 Å². The Bertz CT molecular complexity index is 900. The van der Waals surface area contributed by atoms with Crippen LogP contribution in [0.25, 0.3) is 0 Å². The van der Waals surface area contributed by atoms with Crippen molar-refractivity contribution in [2.24, 2.45) is 5.73 Å². The van der Waals surface area contributed by atoms with Gasteiger partial charge in [-0.1, -0.05) is 135 Å². The molecule has 0 aliphatic rings. The number of allylic oxidation sites excluding steroid dienone is 2. The number of ether oxygens (including phenoxy) is 2. The van der Waals surface area contributed by atoms with Gasteiger partial charge in [-0.15, -0.1) is 0 Å². The summed E-state index contributed by atoms with van der Waals surface area (Å²) in [5, 5.41) is 8.84. The molecule has 0 spiro atoms. The lowest BCUT2D eigenvalue weighted by Gasteiger charge is -2.20. The van der Waals surface area contributed by atoms with Crippen LogP contribution in [-0.4, -0.2) is 59.9 Å². The van der Waals surface area contributed by atoms with Crippen LogP contribution in [0.1, 0.15) is 174 Å². The van der Waals surface area contributed by atoms with E-state index < -0.39 is 51.1 Å². The molecule has 0 aliphatic heterocycles. The van der Waals surface area contributed by atoms with Crippen molar-refractivity contribution in [3.8, 4) is 0 Å². The molecule has 4 N–H and O–H groups in total. The quantitative estimate of drug-likeness (QED) is 0.0244. The molecule has 0 saturated carbocycles. The monoisotopic (exact) mass is 719 g/mol. The molecule has 0 radical (unpaired) electrons. The number of phosphoric ester groups is 1. The first-order valence-corrected chi connectivity index (χ1v) is 20.7. The van der Waals surface area contributed by atoms with Gasteiger partial charge in [-0.3, -0.25) is 23.4 Å². The first-order chi connectivity index (χ1) is 23.6. The molecular weight excluding hydrogens is 649 g/mol. The van der Waals surface area contributed by atoms with Gasteiger partial charge in [-0.05, 0) is 38.5 Å². The van der Waals surface area contributed by atoms with Gasteiger partial charge in [-0.2, -0.15) is 0 Å². The van der Waals surface area contributed by atoms with E-state index in [2.05, 4.69) is 30.5 Å². The highest BCUT2D eigenvalue weighted by Gasteiger charge is 2.28. The van der Waals surface area contributed by atoms with Gasteiger partial charge >= 0.3 is 25.7 Å². The topological polar surface area (TPSA) is 172 Å². The summed E-state index contributed by atoms with van der Waals surface area (Å²) in [6.45, 7) is 2.75. The van der Waals surface area contributed by atoms with Crippen LogP contribution in [-0.2, 0) is 37.5 Å². The van der Waals surface area contributed by atoms with Gasteiger partial charge in [0, 0.05) is 12.8 Å². The average Bonchev–Trinajstić information content (AvgIpc) is 3.07. The van der Waals surface area contributed by atoms with Gasteiger partial charge in [0.25, 0.3) is 0 Å². The number of phosphoric acid groups is 1. The van der Waals surface area contributed by atoms with E-state index >= 15 is 0 Å². The van der Waals surface area contributed by atoms with Crippen LogP contribution in [0, 0.1) is 0 Å². The smallest absolute Gasteiger partial charge is 0.472 e. The van der Waals surface area contributed by atoms with Crippen molar-refractivity contribution in [3.63, 3.8) is 0 Å². The Balaban J connectivity index is 4.38. The van der Waals surface area contributed by atoms with Crippen LogP contribution >= 0.6 is 7.82 Å². The Morgan fingerprint density at radius 3 is 1.49 bits per heavy atom. The van der Waals surface area contributed by atoms with Crippen molar-refractivity contribution < 1.29 is 47.5 Å². The van der Waals surface area contributed by atoms with E-state index in [-0.39, 0.29) is 19.4 Å². The molecule has 0 fully saturated rings. The summed E-state index contributed by atoms with van der Waals surface area (Å²) in [7, 11) is -4.70. The Hall–Kier alpha value is -1.78. The number of nitrogens with two attached hydrogens (primary N) is 1. The summed E-state index contributed by atoms with van der Waals surface area (Å²) in [6, 6.07) is -1.52. The van der Waals surface area contributed by atoms with E-state index in [0.29, 0.717) is 12.8 Å². The highest BCUT2D eigenvalue weighted by molar-refractivity contribution is 7.47. The fourth-order valence-electron chi connectivity index (χ4n) is 5.18. The Morgan fingerprint density at radius 2 is 1.02 bits per heavy atom. The number of aliphatic carboxylic acids is 1. The number of hydrogen-bond donors (Lipinski definition) is 3. The van der Waals surface area contributed by atoms with Gasteiger partial charge in [0.15, 0.2) is 6.10 Å². The predicted molar refractivity (Wildman–Crippen MR) is 194 cm³/mol. The lowest BCUT2D eigenvalue weighted by Crippen LogP contribution is -2.34. The minimum Gasteiger partial charge on any atom is -0.480 e. The summed E-state index contributed by atoms with van der Waals surface area (Å²) in [5.74, 6) is -2.39. The molecule has 3 atom stereocenters. The first-order valence-electron chi connectivity index (χ1n) is 19.2. The van der Waals surface area contributed by atoms with E-state index in [4.69, 9.17) is 24.8 Å². The molecule has 49 heavy (non-hydrogen) atoms. The number of unbranched alkanes of at least 4 members (excludes halogenated alkanes) is 20. The van der Waals surface area contributed by atoms with Gasteiger partial charge in [0.1, 0.15) is 12.6 Å². The van der Waals surface area contributed by atoms with Gasteiger partial charge in [0.05, 0.1) is 13.2 Å². The zero-order valence-electron chi connectivity index (χ0n) is 30.8. The van der Waals surface area contributed by atoms with Crippen LogP contribution in [0.5, 0.6) is 0 Å². The molecule has 0 aromatic carbocycles. The van der Waals surface area contributed by atoms with Crippen LogP contribution in [0.2, 0.25) is 0 Å². The van der Waals surface area contributed by atoms with Crippen molar-refractivity contribution in [1.82, 2.24) is 0 Å². The number of carbonyl (C=O) groups excluding carboxylic acids is 2. The summed E-state index contributed by atoms with van der Waals surface area (Å²) >= 11 is 0. The van der Waals surface area contributed by atoms with E-state index in [1.165, 1.54) is 77.0 Å². The number of carboxylic acids is 1. The largest absolute Gasteiger partial charge is 0.480 e. The van der Waals surface area contributed by atoms with Gasteiger partial charge in [-0.25, -0.2) is 4.57 Å². The Morgan fingerprint density at radius 1 is 0.612 bits per heavy atom. The van der Waals surface area contributed by atoms with E-state index in [0.717, 1.165) is 57.8 Å². The third-order valence-electron chi connectivity index (χ3n) is 8.26. The van der Waals surface area contributed by atoms with Crippen molar-refractivity contribution >= 4 is 25.7 Å². The van der Waals surface area contributed by atoms with Crippen LogP contribution < -0.4 is 5.73 Å². The molecule has 0 amide bonds. The van der Waals surface area contributed by atoms with Crippen LogP contribution in [0.3, 0.4) is 0 Å². The zero-order valence-corrected chi connectivity index (χ0v) is 31.7. The number of carbonyl (C=O) groups is 3. The number of rotatable bonds is 36. The van der Waals surface area contributed by atoms with Crippen molar-refractivity contribution in [2.45, 2.75) is 187 Å². The van der Waals surface area contributed by atoms with E-state index in [1.807, 2.05) is 0 Å². The highest BCUT2D eigenvalue weighted by Crippen LogP contribution is 2.43. The minimum absolute atomic E-state index is 0.163. The van der Waals surface area contributed by atoms with Crippen molar-refractivity contribution in [2.75, 3.05) is 19.8 Å². The molecule has 0 aromatic heterocycles. The average molecular weight is 720 g/mol. The number of hydrogen-bond acceptors (Lipinski definition) is 9. The Kier molecular flexibility index (Phi) is 32.2. The van der Waals surface area contributed by atoms with Crippen molar-refractivity contribution in [3.05, 3.63) is 12.2 Å². The standard InChI is InChI=1S/C37H70NO10P/c1-3-5-7-9-11-13-14-15-16-17-18-19-21-22-24-26-28-35(39)45-30-33(31-46-49(43,44)47-32-34(38)37(41)42)48-36(40)29-27-25-23-20-12-10-8-6-4-2/h16-17,33-34H,3-15,18-32,38H2,1-2H3,(H,41,42)(H,43,44)/b17-16-/t33-,34+/m1/s1.